The molecule has 2 N–H and O–H groups in total. The fourth-order valence-corrected chi connectivity index (χ4v) is 3.18. The van der Waals surface area contributed by atoms with E-state index in [0.29, 0.717) is 38.8 Å². The standard InChI is InChI=1S/C20H28F2N4O3/c1-20(2,3)23-17(27)12-25-7-9-26(10-8-25)18(28)13-24(4)19(29)15-6-5-14(21)11-16(15)22/h5-6,11H,7-10,12-13H2,1-4H3,(H,23,27)/p+1. The molecule has 1 fully saturated rings. The van der Waals surface area contributed by atoms with Gasteiger partial charge in [-0.25, -0.2) is 8.78 Å². The molecule has 1 aromatic carbocycles. The van der Waals surface area contributed by atoms with Crippen molar-refractivity contribution in [3.63, 3.8) is 0 Å². The molecule has 9 heteroatoms. The highest BCUT2D eigenvalue weighted by atomic mass is 19.1. The maximum Gasteiger partial charge on any atom is 0.275 e. The first-order chi connectivity index (χ1) is 13.5. The van der Waals surface area contributed by atoms with E-state index in [1.165, 1.54) is 7.05 Å². The zero-order chi connectivity index (χ0) is 21.8. The number of likely N-dealkylation sites (N-methyl/N-ethyl adjacent to an activating group) is 1. The van der Waals surface area contributed by atoms with Gasteiger partial charge in [-0.2, -0.15) is 0 Å². The van der Waals surface area contributed by atoms with Crippen molar-refractivity contribution in [2.45, 2.75) is 26.3 Å². The Balaban J connectivity index is 1.83. The summed E-state index contributed by atoms with van der Waals surface area (Å²) in [5, 5.41) is 2.92. The number of benzene rings is 1. The zero-order valence-corrected chi connectivity index (χ0v) is 17.3. The Morgan fingerprint density at radius 3 is 2.34 bits per heavy atom. The van der Waals surface area contributed by atoms with E-state index in [0.717, 1.165) is 21.9 Å². The van der Waals surface area contributed by atoms with Crippen LogP contribution < -0.4 is 10.2 Å². The lowest BCUT2D eigenvalue weighted by atomic mass is 10.1. The van der Waals surface area contributed by atoms with E-state index in [4.69, 9.17) is 0 Å². The number of hydrogen-bond donors (Lipinski definition) is 2. The van der Waals surface area contributed by atoms with Gasteiger partial charge in [0, 0.05) is 18.7 Å². The molecular weight excluding hydrogens is 382 g/mol. The van der Waals surface area contributed by atoms with Crippen LogP contribution in [0.5, 0.6) is 0 Å². The molecule has 0 radical (unpaired) electrons. The summed E-state index contributed by atoms with van der Waals surface area (Å²) in [7, 11) is 1.40. The van der Waals surface area contributed by atoms with Crippen molar-refractivity contribution in [2.24, 2.45) is 0 Å². The molecule has 2 rings (SSSR count). The maximum absolute atomic E-state index is 13.8. The first-order valence-corrected chi connectivity index (χ1v) is 9.59. The van der Waals surface area contributed by atoms with Gasteiger partial charge in [0.05, 0.1) is 38.3 Å². The fourth-order valence-electron chi connectivity index (χ4n) is 3.18. The third-order valence-electron chi connectivity index (χ3n) is 4.63. The maximum atomic E-state index is 13.8. The van der Waals surface area contributed by atoms with Crippen LogP contribution in [-0.2, 0) is 9.59 Å². The number of nitrogens with one attached hydrogen (secondary N) is 2. The highest BCUT2D eigenvalue weighted by molar-refractivity contribution is 5.96. The van der Waals surface area contributed by atoms with Crippen molar-refractivity contribution in [3.05, 3.63) is 35.4 Å². The predicted molar refractivity (Wildman–Crippen MR) is 103 cm³/mol. The number of hydrogen-bond acceptors (Lipinski definition) is 3. The monoisotopic (exact) mass is 411 g/mol. The number of nitrogens with zero attached hydrogens (tertiary/aromatic N) is 2. The topological polar surface area (TPSA) is 74.2 Å². The van der Waals surface area contributed by atoms with Crippen LogP contribution in [0.4, 0.5) is 8.78 Å². The zero-order valence-electron chi connectivity index (χ0n) is 17.3. The number of carbonyl (C=O) groups excluding carboxylic acids is 3. The molecule has 1 aliphatic heterocycles. The highest BCUT2D eigenvalue weighted by Crippen LogP contribution is 2.12. The van der Waals surface area contributed by atoms with Crippen LogP contribution in [0.25, 0.3) is 0 Å². The van der Waals surface area contributed by atoms with Gasteiger partial charge in [-0.15, -0.1) is 0 Å². The van der Waals surface area contributed by atoms with Crippen molar-refractivity contribution >= 4 is 17.7 Å². The van der Waals surface area contributed by atoms with Crippen molar-refractivity contribution in [1.29, 1.82) is 0 Å². The second-order valence-electron chi connectivity index (χ2n) is 8.39. The van der Waals surface area contributed by atoms with Gasteiger partial charge >= 0.3 is 0 Å². The summed E-state index contributed by atoms with van der Waals surface area (Å²) in [5.74, 6) is -2.69. The van der Waals surface area contributed by atoms with E-state index in [9.17, 15) is 23.2 Å². The Bertz CT molecular complexity index is 771. The quantitative estimate of drug-likeness (QED) is 0.698. The highest BCUT2D eigenvalue weighted by Gasteiger charge is 2.28. The minimum absolute atomic E-state index is 0.0288. The van der Waals surface area contributed by atoms with E-state index in [2.05, 4.69) is 5.32 Å². The molecule has 7 nitrogen and oxygen atoms in total. The molecule has 0 aromatic heterocycles. The van der Waals surface area contributed by atoms with Crippen molar-refractivity contribution in [1.82, 2.24) is 15.1 Å². The van der Waals surface area contributed by atoms with Crippen LogP contribution in [0.2, 0.25) is 0 Å². The second kappa shape index (κ2) is 9.30. The smallest absolute Gasteiger partial charge is 0.275 e. The minimum Gasteiger partial charge on any atom is -0.347 e. The van der Waals surface area contributed by atoms with E-state index < -0.39 is 17.5 Å². The molecule has 160 valence electrons. The Kier molecular flexibility index (Phi) is 7.29. The summed E-state index contributed by atoms with van der Waals surface area (Å²) >= 11 is 0. The molecule has 1 saturated heterocycles. The lowest BCUT2D eigenvalue weighted by Crippen LogP contribution is -3.16. The molecule has 1 heterocycles. The summed E-state index contributed by atoms with van der Waals surface area (Å²) in [5.41, 5.74) is -0.559. The van der Waals surface area contributed by atoms with Crippen LogP contribution >= 0.6 is 0 Å². The van der Waals surface area contributed by atoms with Gasteiger partial charge in [0.25, 0.3) is 11.8 Å². The largest absolute Gasteiger partial charge is 0.347 e. The van der Waals surface area contributed by atoms with E-state index in [1.54, 1.807) is 4.90 Å². The van der Waals surface area contributed by atoms with Gasteiger partial charge in [-0.1, -0.05) is 0 Å². The van der Waals surface area contributed by atoms with Crippen LogP contribution in [0.15, 0.2) is 18.2 Å². The van der Waals surface area contributed by atoms with Crippen LogP contribution in [0.3, 0.4) is 0 Å². The molecule has 0 unspecified atom stereocenters. The first-order valence-electron chi connectivity index (χ1n) is 9.59. The predicted octanol–water partition coefficient (Wildman–Crippen LogP) is -0.321. The molecule has 1 aromatic rings. The lowest BCUT2D eigenvalue weighted by Gasteiger charge is -2.33. The van der Waals surface area contributed by atoms with E-state index >= 15 is 0 Å². The number of amides is 3. The van der Waals surface area contributed by atoms with Crippen LogP contribution in [0.1, 0.15) is 31.1 Å². The fraction of sp³-hybridized carbons (Fsp3) is 0.550. The summed E-state index contributed by atoms with van der Waals surface area (Å²) < 4.78 is 26.8. The molecule has 0 atom stereocenters. The first kappa shape index (κ1) is 22.7. The average molecular weight is 411 g/mol. The third kappa shape index (κ3) is 6.77. The second-order valence-corrected chi connectivity index (χ2v) is 8.39. The van der Waals surface area contributed by atoms with Crippen LogP contribution in [0, 0.1) is 11.6 Å². The number of carbonyl (C=O) groups is 3. The van der Waals surface area contributed by atoms with E-state index in [-0.39, 0.29) is 29.5 Å². The molecule has 0 bridgehead atoms. The summed E-state index contributed by atoms with van der Waals surface area (Å²) in [6, 6.07) is 2.71. The molecule has 29 heavy (non-hydrogen) atoms. The SMILES string of the molecule is CN(CC(=O)N1CC[NH+](CC(=O)NC(C)(C)C)CC1)C(=O)c1ccc(F)cc1F. The van der Waals surface area contributed by atoms with Gasteiger partial charge in [0.2, 0.25) is 5.91 Å². The Hall–Kier alpha value is -2.55. The third-order valence-corrected chi connectivity index (χ3v) is 4.63. The lowest BCUT2D eigenvalue weighted by molar-refractivity contribution is -0.896. The molecule has 0 saturated carbocycles. The van der Waals surface area contributed by atoms with Gasteiger partial charge in [-0.3, -0.25) is 14.4 Å². The number of quaternary nitrogens is 1. The van der Waals surface area contributed by atoms with Gasteiger partial charge in [0.1, 0.15) is 11.6 Å². The van der Waals surface area contributed by atoms with Gasteiger partial charge < -0.3 is 20.0 Å². The minimum atomic E-state index is -0.958. The molecular formula is C20H29F2N4O3+. The van der Waals surface area contributed by atoms with Gasteiger partial charge in [-0.05, 0) is 32.9 Å². The van der Waals surface area contributed by atoms with Crippen molar-refractivity contribution in [3.8, 4) is 0 Å². The number of piperazine rings is 1. The van der Waals surface area contributed by atoms with E-state index in [1.807, 2.05) is 20.8 Å². The van der Waals surface area contributed by atoms with Crippen molar-refractivity contribution < 1.29 is 28.1 Å². The molecule has 0 spiro atoms. The summed E-state index contributed by atoms with van der Waals surface area (Å²) in [6.07, 6.45) is 0. The Morgan fingerprint density at radius 2 is 1.79 bits per heavy atom. The summed E-state index contributed by atoms with van der Waals surface area (Å²) in [6.45, 7) is 8.14. The molecule has 1 aliphatic rings. The number of rotatable bonds is 5. The summed E-state index contributed by atoms with van der Waals surface area (Å²) in [4.78, 5) is 40.7. The normalized spacial score (nSPS) is 15.2. The average Bonchev–Trinajstić information content (AvgIpc) is 2.60. The number of halogens is 2. The molecule has 0 aliphatic carbocycles. The van der Waals surface area contributed by atoms with Crippen LogP contribution in [-0.4, -0.2) is 79.4 Å². The van der Waals surface area contributed by atoms with Gasteiger partial charge in [0.15, 0.2) is 6.54 Å². The Labute approximate surface area is 169 Å². The molecule has 3 amide bonds. The van der Waals surface area contributed by atoms with Crippen molar-refractivity contribution in [2.75, 3.05) is 46.3 Å². The Morgan fingerprint density at radius 1 is 1.17 bits per heavy atom.